The van der Waals surface area contributed by atoms with E-state index in [4.69, 9.17) is 0 Å². The van der Waals surface area contributed by atoms with Crippen molar-refractivity contribution in [3.05, 3.63) is 41.3 Å². The van der Waals surface area contributed by atoms with Crippen molar-refractivity contribution in [1.82, 2.24) is 4.90 Å². The van der Waals surface area contributed by atoms with E-state index in [-0.39, 0.29) is 9.77 Å². The average Bonchev–Trinajstić information content (AvgIpc) is 3.17. The van der Waals surface area contributed by atoms with Crippen LogP contribution in [0.3, 0.4) is 0 Å². The summed E-state index contributed by atoms with van der Waals surface area (Å²) in [6, 6.07) is 7.75. The number of carboxylic acids is 1. The largest absolute Gasteiger partial charge is 0.478 e. The number of anilines is 2. The minimum Gasteiger partial charge on any atom is -0.478 e. The number of rotatable bonds is 6. The summed E-state index contributed by atoms with van der Waals surface area (Å²) in [7, 11) is -3.75. The van der Waals surface area contributed by atoms with Gasteiger partial charge in [-0.2, -0.15) is 0 Å². The molecule has 1 fully saturated rings. The molecule has 2 aromatic rings. The lowest BCUT2D eigenvalue weighted by Crippen LogP contribution is -2.46. The summed E-state index contributed by atoms with van der Waals surface area (Å²) >= 11 is 1.12. The fourth-order valence-electron chi connectivity index (χ4n) is 2.94. The number of nitrogens with zero attached hydrogens (tertiary/aromatic N) is 2. The quantitative estimate of drug-likeness (QED) is 0.781. The smallest absolute Gasteiger partial charge is 0.335 e. The maximum Gasteiger partial charge on any atom is 0.335 e. The Morgan fingerprint density at radius 3 is 2.54 bits per heavy atom. The molecule has 2 heterocycles. The molecule has 1 aromatic heterocycles. The number of piperazine rings is 1. The second-order valence-corrected chi connectivity index (χ2v) is 8.85. The number of aromatic carboxylic acids is 1. The van der Waals surface area contributed by atoms with Crippen molar-refractivity contribution < 1.29 is 18.3 Å². The minimum absolute atomic E-state index is 0.0461. The van der Waals surface area contributed by atoms with Gasteiger partial charge in [0.15, 0.2) is 0 Å². The van der Waals surface area contributed by atoms with Crippen LogP contribution in [0.25, 0.3) is 0 Å². The predicted molar refractivity (Wildman–Crippen MR) is 103 cm³/mol. The van der Waals surface area contributed by atoms with E-state index in [1.54, 1.807) is 17.5 Å². The fraction of sp³-hybridized carbons (Fsp3) is 0.353. The topological polar surface area (TPSA) is 89.9 Å². The van der Waals surface area contributed by atoms with Gasteiger partial charge in [-0.1, -0.05) is 13.0 Å². The van der Waals surface area contributed by atoms with Crippen LogP contribution < -0.4 is 9.62 Å². The minimum atomic E-state index is -3.75. The third-order valence-corrected chi connectivity index (χ3v) is 7.17. The first-order chi connectivity index (χ1) is 12.4. The third-order valence-electron chi connectivity index (χ3n) is 4.41. The predicted octanol–water partition coefficient (Wildman–Crippen LogP) is 2.39. The Morgan fingerprint density at radius 1 is 1.23 bits per heavy atom. The zero-order valence-electron chi connectivity index (χ0n) is 14.4. The highest BCUT2D eigenvalue weighted by molar-refractivity contribution is 7.94. The molecule has 0 saturated carbocycles. The first kappa shape index (κ1) is 18.7. The van der Waals surface area contributed by atoms with E-state index < -0.39 is 16.0 Å². The highest BCUT2D eigenvalue weighted by atomic mass is 32.2. The van der Waals surface area contributed by atoms with Crippen molar-refractivity contribution in [3.63, 3.8) is 0 Å². The van der Waals surface area contributed by atoms with E-state index in [1.807, 2.05) is 0 Å². The molecule has 0 amide bonds. The Hall–Kier alpha value is -2.10. The lowest BCUT2D eigenvalue weighted by atomic mass is 10.1. The van der Waals surface area contributed by atoms with Crippen LogP contribution in [0, 0.1) is 0 Å². The molecule has 0 radical (unpaired) electrons. The fourth-order valence-corrected chi connectivity index (χ4v) is 5.00. The molecule has 0 bridgehead atoms. The molecule has 0 spiro atoms. The first-order valence-electron chi connectivity index (χ1n) is 8.31. The van der Waals surface area contributed by atoms with Crippen LogP contribution in [0.5, 0.6) is 0 Å². The van der Waals surface area contributed by atoms with Crippen molar-refractivity contribution >= 4 is 38.7 Å². The maximum absolute atomic E-state index is 12.6. The van der Waals surface area contributed by atoms with Crippen LogP contribution in [0.15, 0.2) is 39.9 Å². The molecule has 9 heteroatoms. The van der Waals surface area contributed by atoms with Crippen LogP contribution in [0.4, 0.5) is 11.4 Å². The van der Waals surface area contributed by atoms with Gasteiger partial charge in [0, 0.05) is 26.2 Å². The standard InChI is InChI=1S/C17H21N3O4S2/c1-2-19-7-9-20(10-8-19)15-6-5-13(17(21)22)12-14(15)18-26(23,24)16-4-3-11-25-16/h3-6,11-12,18H,2,7-10H2,1H3,(H,21,22). The van der Waals surface area contributed by atoms with Gasteiger partial charge in [0.25, 0.3) is 10.0 Å². The van der Waals surface area contributed by atoms with E-state index in [0.717, 1.165) is 44.1 Å². The first-order valence-corrected chi connectivity index (χ1v) is 10.7. The number of hydrogen-bond donors (Lipinski definition) is 2. The van der Waals surface area contributed by atoms with E-state index in [2.05, 4.69) is 21.4 Å². The maximum atomic E-state index is 12.6. The van der Waals surface area contributed by atoms with Crippen LogP contribution in [0.2, 0.25) is 0 Å². The van der Waals surface area contributed by atoms with E-state index in [0.29, 0.717) is 11.4 Å². The monoisotopic (exact) mass is 395 g/mol. The van der Waals surface area contributed by atoms with E-state index in [9.17, 15) is 18.3 Å². The number of thiophene rings is 1. The van der Waals surface area contributed by atoms with Crippen LogP contribution in [-0.4, -0.2) is 57.1 Å². The molecule has 3 rings (SSSR count). The number of nitrogens with one attached hydrogen (secondary N) is 1. The normalized spacial score (nSPS) is 15.8. The third kappa shape index (κ3) is 4.00. The summed E-state index contributed by atoms with van der Waals surface area (Å²) in [4.78, 5) is 15.7. The Kier molecular flexibility index (Phi) is 5.49. The van der Waals surface area contributed by atoms with Gasteiger partial charge >= 0.3 is 5.97 Å². The van der Waals surface area contributed by atoms with Crippen molar-refractivity contribution in [3.8, 4) is 0 Å². The number of carboxylic acid groups (broad SMARTS) is 1. The zero-order valence-corrected chi connectivity index (χ0v) is 16.0. The summed E-state index contributed by atoms with van der Waals surface area (Å²) in [5.74, 6) is -1.09. The molecule has 0 unspecified atom stereocenters. The van der Waals surface area contributed by atoms with Crippen molar-refractivity contribution in [2.24, 2.45) is 0 Å². The summed E-state index contributed by atoms with van der Waals surface area (Å²) in [5.41, 5.74) is 1.04. The molecule has 140 valence electrons. The molecule has 1 aromatic carbocycles. The van der Waals surface area contributed by atoms with E-state index in [1.165, 1.54) is 18.2 Å². The summed E-state index contributed by atoms with van der Waals surface area (Å²) in [6.07, 6.45) is 0. The van der Waals surface area contributed by atoms with Gasteiger partial charge in [0.1, 0.15) is 4.21 Å². The van der Waals surface area contributed by atoms with Crippen molar-refractivity contribution in [1.29, 1.82) is 0 Å². The Bertz CT molecular complexity index is 873. The van der Waals surface area contributed by atoms with Gasteiger partial charge in [-0.25, -0.2) is 13.2 Å². The second-order valence-electron chi connectivity index (χ2n) is 6.00. The molecule has 1 aliphatic heterocycles. The molecule has 2 N–H and O–H groups in total. The van der Waals surface area contributed by atoms with Gasteiger partial charge in [-0.05, 0) is 36.2 Å². The van der Waals surface area contributed by atoms with Gasteiger partial charge < -0.3 is 14.9 Å². The van der Waals surface area contributed by atoms with Crippen LogP contribution >= 0.6 is 11.3 Å². The molecule has 1 saturated heterocycles. The summed E-state index contributed by atoms with van der Waals surface area (Å²) in [6.45, 7) is 6.37. The Balaban J connectivity index is 1.93. The molecule has 26 heavy (non-hydrogen) atoms. The van der Waals surface area contributed by atoms with Crippen molar-refractivity contribution in [2.75, 3.05) is 42.3 Å². The molecular formula is C17H21N3O4S2. The molecule has 0 aliphatic carbocycles. The molecular weight excluding hydrogens is 374 g/mol. The Labute approximate surface area is 156 Å². The van der Waals surface area contributed by atoms with E-state index >= 15 is 0 Å². The van der Waals surface area contributed by atoms with Crippen LogP contribution in [0.1, 0.15) is 17.3 Å². The van der Waals surface area contributed by atoms with Gasteiger partial charge in [-0.15, -0.1) is 11.3 Å². The SMILES string of the molecule is CCN1CCN(c2ccc(C(=O)O)cc2NS(=O)(=O)c2cccs2)CC1. The highest BCUT2D eigenvalue weighted by Gasteiger charge is 2.23. The lowest BCUT2D eigenvalue weighted by molar-refractivity contribution is 0.0697. The molecule has 1 aliphatic rings. The highest BCUT2D eigenvalue weighted by Crippen LogP contribution is 2.31. The number of likely N-dealkylation sites (N-methyl/N-ethyl adjacent to an activating group) is 1. The van der Waals surface area contributed by atoms with Gasteiger partial charge in [0.05, 0.1) is 16.9 Å². The van der Waals surface area contributed by atoms with Crippen LogP contribution in [-0.2, 0) is 10.0 Å². The molecule has 7 nitrogen and oxygen atoms in total. The number of hydrogen-bond acceptors (Lipinski definition) is 6. The van der Waals surface area contributed by atoms with Gasteiger partial charge in [0.2, 0.25) is 0 Å². The van der Waals surface area contributed by atoms with Gasteiger partial charge in [-0.3, -0.25) is 4.72 Å². The average molecular weight is 396 g/mol. The second kappa shape index (κ2) is 7.65. The summed E-state index contributed by atoms with van der Waals surface area (Å²) < 4.78 is 28.0. The Morgan fingerprint density at radius 2 is 1.96 bits per heavy atom. The van der Waals surface area contributed by atoms with Crippen molar-refractivity contribution in [2.45, 2.75) is 11.1 Å². The number of sulfonamides is 1. The lowest BCUT2D eigenvalue weighted by Gasteiger charge is -2.36. The zero-order chi connectivity index (χ0) is 18.7. The summed E-state index contributed by atoms with van der Waals surface area (Å²) in [5, 5.41) is 11.0. The molecule has 0 atom stereocenters. The number of carbonyl (C=O) groups is 1. The number of benzene rings is 1.